The molecular formula is C13H24N2O2S. The summed E-state index contributed by atoms with van der Waals surface area (Å²) < 4.78 is 5.82. The number of thioether (sulfide) groups is 1. The third kappa shape index (κ3) is 3.19. The zero-order valence-electron chi connectivity index (χ0n) is 11.4. The fourth-order valence-electron chi connectivity index (χ4n) is 2.64. The Balaban J connectivity index is 1.77. The Hall–Kier alpha value is -0.260. The van der Waals surface area contributed by atoms with E-state index in [0.29, 0.717) is 11.7 Å². The number of nitrogens with two attached hydrogens (primary N) is 1. The van der Waals surface area contributed by atoms with E-state index in [1.54, 1.807) is 11.8 Å². The second kappa shape index (κ2) is 5.39. The van der Waals surface area contributed by atoms with Gasteiger partial charge in [0.15, 0.2) is 0 Å². The molecule has 104 valence electrons. The van der Waals surface area contributed by atoms with Gasteiger partial charge in [0.2, 0.25) is 5.91 Å². The molecule has 2 rings (SSSR count). The molecule has 0 aromatic carbocycles. The lowest BCUT2D eigenvalue weighted by Crippen LogP contribution is -2.72. The number of carbonyl (C=O) groups is 1. The van der Waals surface area contributed by atoms with Crippen molar-refractivity contribution in [3.05, 3.63) is 0 Å². The maximum atomic E-state index is 11.9. The SMILES string of the molecule is CC(C)(C)SCC(=O)NC1C(N)C2CCCOC21. The summed E-state index contributed by atoms with van der Waals surface area (Å²) in [6.07, 6.45) is 2.38. The third-order valence-electron chi connectivity index (χ3n) is 3.64. The second-order valence-corrected chi connectivity index (χ2v) is 8.02. The van der Waals surface area contributed by atoms with Gasteiger partial charge < -0.3 is 15.8 Å². The van der Waals surface area contributed by atoms with E-state index in [1.165, 1.54) is 0 Å². The first-order chi connectivity index (χ1) is 8.38. The molecule has 1 heterocycles. The standard InChI is InChI=1S/C13H24N2O2S/c1-13(2,3)18-7-9(16)15-11-10(14)8-5-4-6-17-12(8)11/h8,10-12H,4-7,14H2,1-3H3,(H,15,16). The van der Waals surface area contributed by atoms with Gasteiger partial charge in [-0.05, 0) is 12.8 Å². The molecule has 1 aliphatic heterocycles. The van der Waals surface area contributed by atoms with Gasteiger partial charge in [0.1, 0.15) is 0 Å². The van der Waals surface area contributed by atoms with E-state index >= 15 is 0 Å². The van der Waals surface area contributed by atoms with Gasteiger partial charge >= 0.3 is 0 Å². The molecule has 3 N–H and O–H groups in total. The van der Waals surface area contributed by atoms with Crippen LogP contribution >= 0.6 is 11.8 Å². The van der Waals surface area contributed by atoms with Gasteiger partial charge in [0.05, 0.1) is 17.9 Å². The summed E-state index contributed by atoms with van der Waals surface area (Å²) in [6.45, 7) is 7.14. The number of nitrogens with one attached hydrogen (secondary N) is 1. The Labute approximate surface area is 113 Å². The van der Waals surface area contributed by atoms with Crippen LogP contribution in [0.1, 0.15) is 33.6 Å². The molecule has 1 saturated heterocycles. The average molecular weight is 272 g/mol. The lowest BCUT2D eigenvalue weighted by atomic mass is 9.68. The van der Waals surface area contributed by atoms with Crippen LogP contribution in [0.5, 0.6) is 0 Å². The highest BCUT2D eigenvalue weighted by Gasteiger charge is 2.50. The van der Waals surface area contributed by atoms with Crippen LogP contribution in [0.2, 0.25) is 0 Å². The minimum Gasteiger partial charge on any atom is -0.376 e. The first-order valence-corrected chi connectivity index (χ1v) is 7.67. The van der Waals surface area contributed by atoms with E-state index in [1.807, 2.05) is 0 Å². The Bertz CT molecular complexity index is 317. The molecule has 18 heavy (non-hydrogen) atoms. The Kier molecular flexibility index (Phi) is 4.24. The molecule has 2 fully saturated rings. The zero-order valence-corrected chi connectivity index (χ0v) is 12.3. The van der Waals surface area contributed by atoms with E-state index in [4.69, 9.17) is 10.5 Å². The van der Waals surface area contributed by atoms with Crippen LogP contribution in [0.15, 0.2) is 0 Å². The molecule has 1 saturated carbocycles. The van der Waals surface area contributed by atoms with E-state index in [0.717, 1.165) is 19.4 Å². The molecule has 2 aliphatic rings. The van der Waals surface area contributed by atoms with Gasteiger partial charge in [-0.25, -0.2) is 0 Å². The van der Waals surface area contributed by atoms with Gasteiger partial charge in [-0.2, -0.15) is 0 Å². The molecular weight excluding hydrogens is 248 g/mol. The second-order valence-electron chi connectivity index (χ2n) is 6.21. The van der Waals surface area contributed by atoms with Crippen LogP contribution < -0.4 is 11.1 Å². The van der Waals surface area contributed by atoms with Crippen molar-refractivity contribution in [1.82, 2.24) is 5.32 Å². The summed E-state index contributed by atoms with van der Waals surface area (Å²) in [6, 6.07) is 0.0854. The van der Waals surface area contributed by atoms with E-state index < -0.39 is 0 Å². The van der Waals surface area contributed by atoms with Crippen molar-refractivity contribution in [3.8, 4) is 0 Å². The number of hydrogen-bond acceptors (Lipinski definition) is 4. The number of carbonyl (C=O) groups excluding carboxylic acids is 1. The summed E-state index contributed by atoms with van der Waals surface area (Å²) in [7, 11) is 0. The van der Waals surface area contributed by atoms with E-state index in [-0.39, 0.29) is 28.8 Å². The summed E-state index contributed by atoms with van der Waals surface area (Å²) in [5, 5.41) is 3.03. The lowest BCUT2D eigenvalue weighted by Gasteiger charge is -2.52. The van der Waals surface area contributed by atoms with Crippen LogP contribution in [0.4, 0.5) is 0 Å². The average Bonchev–Trinajstić information content (AvgIpc) is 2.32. The minimum absolute atomic E-state index is 0.0170. The summed E-state index contributed by atoms with van der Waals surface area (Å²) in [4.78, 5) is 11.9. The van der Waals surface area contributed by atoms with E-state index in [2.05, 4.69) is 26.1 Å². The highest BCUT2D eigenvalue weighted by molar-refractivity contribution is 8.01. The molecule has 5 heteroatoms. The number of hydrogen-bond donors (Lipinski definition) is 2. The van der Waals surface area contributed by atoms with Gasteiger partial charge in [0.25, 0.3) is 0 Å². The molecule has 0 radical (unpaired) electrons. The fourth-order valence-corrected chi connectivity index (χ4v) is 3.28. The molecule has 0 aromatic heterocycles. The van der Waals surface area contributed by atoms with Crippen LogP contribution in [0, 0.1) is 5.92 Å². The molecule has 4 atom stereocenters. The van der Waals surface area contributed by atoms with Crippen molar-refractivity contribution < 1.29 is 9.53 Å². The van der Waals surface area contributed by atoms with Crippen molar-refractivity contribution in [2.45, 2.75) is 56.5 Å². The van der Waals surface area contributed by atoms with Gasteiger partial charge in [-0.3, -0.25) is 4.79 Å². The van der Waals surface area contributed by atoms with Crippen LogP contribution in [-0.4, -0.2) is 41.2 Å². The normalized spacial score (nSPS) is 35.6. The highest BCUT2D eigenvalue weighted by atomic mass is 32.2. The number of ether oxygens (including phenoxy) is 1. The van der Waals surface area contributed by atoms with Crippen molar-refractivity contribution in [3.63, 3.8) is 0 Å². The maximum Gasteiger partial charge on any atom is 0.230 e. The smallest absolute Gasteiger partial charge is 0.230 e. The maximum absolute atomic E-state index is 11.9. The highest BCUT2D eigenvalue weighted by Crippen LogP contribution is 2.37. The fraction of sp³-hybridized carbons (Fsp3) is 0.923. The predicted octanol–water partition coefficient (Wildman–Crippen LogP) is 1.14. The van der Waals surface area contributed by atoms with Crippen molar-refractivity contribution in [1.29, 1.82) is 0 Å². The Morgan fingerprint density at radius 1 is 1.50 bits per heavy atom. The Morgan fingerprint density at radius 3 is 2.89 bits per heavy atom. The number of rotatable bonds is 3. The van der Waals surface area contributed by atoms with Crippen LogP contribution in [-0.2, 0) is 9.53 Å². The molecule has 0 bridgehead atoms. The molecule has 1 aliphatic carbocycles. The topological polar surface area (TPSA) is 64.4 Å². The van der Waals surface area contributed by atoms with E-state index in [9.17, 15) is 4.79 Å². The number of fused-ring (bicyclic) bond motifs is 1. The quantitative estimate of drug-likeness (QED) is 0.808. The number of amides is 1. The van der Waals surface area contributed by atoms with Gasteiger partial charge in [-0.15, -0.1) is 11.8 Å². The molecule has 0 spiro atoms. The first kappa shape index (κ1) is 14.2. The van der Waals surface area contributed by atoms with Crippen molar-refractivity contribution in [2.75, 3.05) is 12.4 Å². The molecule has 1 amide bonds. The van der Waals surface area contributed by atoms with Crippen molar-refractivity contribution in [2.24, 2.45) is 11.7 Å². The summed E-state index contributed by atoms with van der Waals surface area (Å²) in [5.74, 6) is 1.01. The summed E-state index contributed by atoms with van der Waals surface area (Å²) >= 11 is 1.66. The monoisotopic (exact) mass is 272 g/mol. The summed E-state index contributed by atoms with van der Waals surface area (Å²) in [5.41, 5.74) is 6.11. The molecule has 0 aromatic rings. The lowest BCUT2D eigenvalue weighted by molar-refractivity contribution is -0.137. The predicted molar refractivity (Wildman–Crippen MR) is 74.6 cm³/mol. The third-order valence-corrected chi connectivity index (χ3v) is 4.91. The van der Waals surface area contributed by atoms with Gasteiger partial charge in [-0.1, -0.05) is 20.8 Å². The minimum atomic E-state index is 0.0170. The Morgan fingerprint density at radius 2 is 2.22 bits per heavy atom. The zero-order chi connectivity index (χ0) is 13.3. The largest absolute Gasteiger partial charge is 0.376 e. The first-order valence-electron chi connectivity index (χ1n) is 6.69. The molecule has 4 unspecified atom stereocenters. The molecule has 4 nitrogen and oxygen atoms in total. The van der Waals surface area contributed by atoms with Crippen LogP contribution in [0.3, 0.4) is 0 Å². The van der Waals surface area contributed by atoms with Gasteiger partial charge in [0, 0.05) is 23.3 Å². The van der Waals surface area contributed by atoms with Crippen molar-refractivity contribution >= 4 is 17.7 Å². The van der Waals surface area contributed by atoms with Crippen LogP contribution in [0.25, 0.3) is 0 Å².